The molecule has 0 bridgehead atoms. The zero-order valence-electron chi connectivity index (χ0n) is 21.3. The Morgan fingerprint density at radius 1 is 1.03 bits per heavy atom. The summed E-state index contributed by atoms with van der Waals surface area (Å²) in [7, 11) is 0.889. The summed E-state index contributed by atoms with van der Waals surface area (Å²) in [4.78, 5) is 4.46. The van der Waals surface area contributed by atoms with Crippen molar-refractivity contribution in [2.45, 2.75) is 62.7 Å². The first-order valence-corrected chi connectivity index (χ1v) is 14.8. The number of aromatic nitrogens is 5. The van der Waals surface area contributed by atoms with E-state index in [9.17, 15) is 5.11 Å². The molecule has 7 heteroatoms. The van der Waals surface area contributed by atoms with Crippen LogP contribution in [-0.2, 0) is 6.42 Å². The van der Waals surface area contributed by atoms with Crippen LogP contribution in [0.4, 0.5) is 0 Å². The summed E-state index contributed by atoms with van der Waals surface area (Å²) in [6.07, 6.45) is 13.1. The minimum atomic E-state index is -0.283. The second-order valence-electron chi connectivity index (χ2n) is 9.70. The van der Waals surface area contributed by atoms with Gasteiger partial charge in [-0.1, -0.05) is 67.3 Å². The standard InChI is InChI=1S/C30H33N5OSi/c1-37-18-15-30-31-16-17-35(30)29(20-36)14-7-23-5-8-24(9-6-23)25-10-12-26(13-11-25)27-3-2-4-28(19-27)34-21-32-33-22-34/h5-6,8-13,16-17,21-22,27-29,36H,2-4,15,18-20H2,1H3/t27-,28-,29+/m1/s1. The fourth-order valence-electron chi connectivity index (χ4n) is 5.26. The van der Waals surface area contributed by atoms with Gasteiger partial charge in [-0.15, -0.1) is 10.2 Å². The van der Waals surface area contributed by atoms with Gasteiger partial charge in [0.1, 0.15) is 24.5 Å². The van der Waals surface area contributed by atoms with Crippen LogP contribution in [0.15, 0.2) is 73.6 Å². The number of aliphatic hydroxyl groups excluding tert-OH is 1. The molecule has 1 aliphatic carbocycles. The molecule has 2 heterocycles. The van der Waals surface area contributed by atoms with Crippen molar-refractivity contribution >= 4 is 9.52 Å². The van der Waals surface area contributed by atoms with Gasteiger partial charge in [-0.2, -0.15) is 0 Å². The van der Waals surface area contributed by atoms with Crippen molar-refractivity contribution < 1.29 is 5.11 Å². The average Bonchev–Trinajstić information content (AvgIpc) is 3.66. The van der Waals surface area contributed by atoms with E-state index in [1.54, 1.807) is 6.20 Å². The van der Waals surface area contributed by atoms with Crippen LogP contribution in [0, 0.1) is 11.8 Å². The zero-order valence-corrected chi connectivity index (χ0v) is 22.3. The Labute approximate surface area is 221 Å². The molecule has 1 N–H and O–H groups in total. The van der Waals surface area contributed by atoms with E-state index in [2.05, 4.69) is 86.7 Å². The number of nitrogens with zero attached hydrogens (tertiary/aromatic N) is 5. The van der Waals surface area contributed by atoms with Crippen molar-refractivity contribution in [2.24, 2.45) is 0 Å². The number of rotatable bonds is 8. The molecule has 188 valence electrons. The summed E-state index contributed by atoms with van der Waals surface area (Å²) in [6.45, 7) is 2.16. The van der Waals surface area contributed by atoms with Gasteiger partial charge in [-0.05, 0) is 54.0 Å². The van der Waals surface area contributed by atoms with E-state index in [-0.39, 0.29) is 12.6 Å². The fraction of sp³-hybridized carbons (Fsp3) is 0.367. The first kappa shape index (κ1) is 25.2. The highest BCUT2D eigenvalue weighted by Gasteiger charge is 2.24. The van der Waals surface area contributed by atoms with E-state index in [0.717, 1.165) is 39.8 Å². The largest absolute Gasteiger partial charge is 0.393 e. The Hall–Kier alpha value is -3.47. The molecule has 2 radical (unpaired) electrons. The molecule has 2 aromatic heterocycles. The van der Waals surface area contributed by atoms with Crippen LogP contribution in [0.2, 0.25) is 12.6 Å². The molecular weight excluding hydrogens is 474 g/mol. The first-order chi connectivity index (χ1) is 18.2. The second kappa shape index (κ2) is 12.2. The van der Waals surface area contributed by atoms with Gasteiger partial charge in [0.05, 0.1) is 6.61 Å². The van der Waals surface area contributed by atoms with E-state index in [0.29, 0.717) is 12.0 Å². The minimum Gasteiger partial charge on any atom is -0.393 e. The van der Waals surface area contributed by atoms with Gasteiger partial charge in [0, 0.05) is 39.9 Å². The summed E-state index contributed by atoms with van der Waals surface area (Å²) in [5.74, 6) is 8.05. The van der Waals surface area contributed by atoms with Crippen molar-refractivity contribution in [3.63, 3.8) is 0 Å². The van der Waals surface area contributed by atoms with Gasteiger partial charge in [0.2, 0.25) is 0 Å². The third kappa shape index (κ3) is 6.09. The summed E-state index contributed by atoms with van der Waals surface area (Å²) in [5.41, 5.74) is 4.75. The molecule has 6 nitrogen and oxygen atoms in total. The molecule has 37 heavy (non-hydrogen) atoms. The number of benzene rings is 2. The quantitative estimate of drug-likeness (QED) is 0.258. The summed E-state index contributed by atoms with van der Waals surface area (Å²) in [5, 5.41) is 17.9. The Balaban J connectivity index is 1.24. The van der Waals surface area contributed by atoms with Crippen LogP contribution in [0.5, 0.6) is 0 Å². The lowest BCUT2D eigenvalue weighted by molar-refractivity contribution is 0.255. The molecule has 3 atom stereocenters. The predicted molar refractivity (Wildman–Crippen MR) is 148 cm³/mol. The number of aliphatic hydroxyl groups is 1. The van der Waals surface area contributed by atoms with Crippen molar-refractivity contribution in [1.82, 2.24) is 24.3 Å². The molecule has 0 unspecified atom stereocenters. The van der Waals surface area contributed by atoms with Gasteiger partial charge in [-0.3, -0.25) is 0 Å². The average molecular weight is 508 g/mol. The minimum absolute atomic E-state index is 0.0316. The fourth-order valence-corrected chi connectivity index (χ4v) is 5.73. The number of hydrogen-bond donors (Lipinski definition) is 1. The Bertz CT molecular complexity index is 1320. The van der Waals surface area contributed by atoms with Gasteiger partial charge in [-0.25, -0.2) is 4.98 Å². The van der Waals surface area contributed by atoms with Gasteiger partial charge in [0.25, 0.3) is 0 Å². The Morgan fingerprint density at radius 2 is 1.76 bits per heavy atom. The highest BCUT2D eigenvalue weighted by Crippen LogP contribution is 2.39. The molecule has 1 saturated carbocycles. The van der Waals surface area contributed by atoms with Crippen molar-refractivity contribution in [3.8, 4) is 23.0 Å². The highest BCUT2D eigenvalue weighted by molar-refractivity contribution is 6.33. The summed E-state index contributed by atoms with van der Waals surface area (Å²) in [6, 6.07) is 18.7. The lowest BCUT2D eigenvalue weighted by Gasteiger charge is -2.30. The third-order valence-electron chi connectivity index (χ3n) is 7.34. The molecule has 0 spiro atoms. The van der Waals surface area contributed by atoms with Crippen LogP contribution < -0.4 is 0 Å². The molecule has 1 fully saturated rings. The van der Waals surface area contributed by atoms with E-state index in [1.807, 2.05) is 23.4 Å². The first-order valence-electron chi connectivity index (χ1n) is 13.1. The van der Waals surface area contributed by atoms with Crippen molar-refractivity contribution in [1.29, 1.82) is 0 Å². The van der Waals surface area contributed by atoms with E-state index < -0.39 is 0 Å². The van der Waals surface area contributed by atoms with E-state index >= 15 is 0 Å². The van der Waals surface area contributed by atoms with Gasteiger partial charge in [0.15, 0.2) is 0 Å². The maximum atomic E-state index is 9.94. The summed E-state index contributed by atoms with van der Waals surface area (Å²) >= 11 is 0. The maximum Gasteiger partial charge on any atom is 0.119 e. The monoisotopic (exact) mass is 507 g/mol. The molecule has 0 saturated heterocycles. The maximum absolute atomic E-state index is 9.94. The Morgan fingerprint density at radius 3 is 2.46 bits per heavy atom. The van der Waals surface area contributed by atoms with Crippen LogP contribution in [0.3, 0.4) is 0 Å². The number of hydrogen-bond acceptors (Lipinski definition) is 4. The molecule has 4 aromatic rings. The lowest BCUT2D eigenvalue weighted by Crippen LogP contribution is -2.17. The summed E-state index contributed by atoms with van der Waals surface area (Å²) < 4.78 is 4.17. The normalized spacial score (nSPS) is 18.2. The molecule has 0 aliphatic heterocycles. The van der Waals surface area contributed by atoms with Gasteiger partial charge < -0.3 is 14.2 Å². The Kier molecular flexibility index (Phi) is 8.29. The van der Waals surface area contributed by atoms with Gasteiger partial charge >= 0.3 is 0 Å². The smallest absolute Gasteiger partial charge is 0.119 e. The highest BCUT2D eigenvalue weighted by atomic mass is 28.2. The van der Waals surface area contributed by atoms with Crippen molar-refractivity contribution in [3.05, 3.63) is 90.5 Å². The van der Waals surface area contributed by atoms with Crippen LogP contribution in [0.25, 0.3) is 11.1 Å². The second-order valence-corrected chi connectivity index (χ2v) is 10.9. The van der Waals surface area contributed by atoms with E-state index in [1.165, 1.54) is 36.0 Å². The zero-order chi connectivity index (χ0) is 25.5. The molecule has 5 rings (SSSR count). The topological polar surface area (TPSA) is 68.8 Å². The van der Waals surface area contributed by atoms with Crippen LogP contribution in [-0.4, -0.2) is 45.5 Å². The van der Waals surface area contributed by atoms with Crippen molar-refractivity contribution in [2.75, 3.05) is 6.61 Å². The number of imidazole rings is 1. The lowest BCUT2D eigenvalue weighted by atomic mass is 9.81. The van der Waals surface area contributed by atoms with Crippen LogP contribution >= 0.6 is 0 Å². The molecular formula is C30H33N5OSi. The molecule has 0 amide bonds. The van der Waals surface area contributed by atoms with Crippen LogP contribution in [0.1, 0.15) is 60.6 Å². The number of aryl methyl sites for hydroxylation is 1. The van der Waals surface area contributed by atoms with E-state index in [4.69, 9.17) is 0 Å². The molecule has 2 aromatic carbocycles. The third-order valence-corrected chi connectivity index (χ3v) is 8.09. The predicted octanol–water partition coefficient (Wildman–Crippen LogP) is 5.34. The SMILES string of the molecule is C[Si]CCc1nccn1[C@@H](C#Cc1ccc(-c2ccc([C@@H]3CCC[C@@H](n4cnnc4)C3)cc2)cc1)CO. The molecule has 1 aliphatic rings.